The number of piperidine rings is 1. The Morgan fingerprint density at radius 2 is 2.17 bits per heavy atom. The molecule has 1 aliphatic heterocycles. The molecular weight excluding hydrogens is 316 g/mol. The summed E-state index contributed by atoms with van der Waals surface area (Å²) in [5.41, 5.74) is 1.45. The quantitative estimate of drug-likeness (QED) is 0.717. The van der Waals surface area contributed by atoms with Crippen molar-refractivity contribution in [2.45, 2.75) is 30.8 Å². The highest BCUT2D eigenvalue weighted by molar-refractivity contribution is 7.90. The van der Waals surface area contributed by atoms with Gasteiger partial charge in [0.2, 0.25) is 0 Å². The Labute approximate surface area is 138 Å². The van der Waals surface area contributed by atoms with Crippen LogP contribution in [0, 0.1) is 5.92 Å². The van der Waals surface area contributed by atoms with Crippen LogP contribution in [-0.2, 0) is 9.84 Å². The summed E-state index contributed by atoms with van der Waals surface area (Å²) in [6.07, 6.45) is 2.58. The van der Waals surface area contributed by atoms with Crippen LogP contribution in [0.5, 0.6) is 0 Å². The molecule has 7 heteroatoms. The second-order valence-corrected chi connectivity index (χ2v) is 8.35. The first-order valence-corrected chi connectivity index (χ1v) is 9.82. The number of sulfone groups is 1. The number of hydrogen-bond donors (Lipinski definition) is 3. The lowest BCUT2D eigenvalue weighted by Gasteiger charge is -2.33. The highest BCUT2D eigenvalue weighted by atomic mass is 32.2. The van der Waals surface area contributed by atoms with Gasteiger partial charge in [0.25, 0.3) is 0 Å². The molecule has 0 spiro atoms. The zero-order valence-corrected chi connectivity index (χ0v) is 14.5. The van der Waals surface area contributed by atoms with Crippen LogP contribution in [-0.4, -0.2) is 57.2 Å². The molecule has 1 aliphatic rings. The van der Waals surface area contributed by atoms with Crippen molar-refractivity contribution in [3.63, 3.8) is 0 Å². The van der Waals surface area contributed by atoms with E-state index in [0.29, 0.717) is 11.6 Å². The monoisotopic (exact) mass is 342 g/mol. The summed E-state index contributed by atoms with van der Waals surface area (Å²) in [4.78, 5) is 2.46. The minimum absolute atomic E-state index is 0.0961. The van der Waals surface area contributed by atoms with Gasteiger partial charge in [-0.05, 0) is 37.0 Å². The maximum Gasteiger partial charge on any atom is 0.177 e. The van der Waals surface area contributed by atoms with Crippen molar-refractivity contribution in [3.8, 4) is 0 Å². The lowest BCUT2D eigenvalue weighted by molar-refractivity contribution is 0.105. The van der Waals surface area contributed by atoms with Crippen LogP contribution in [0.25, 0.3) is 0 Å². The van der Waals surface area contributed by atoms with Gasteiger partial charge in [-0.15, -0.1) is 0 Å². The first-order valence-electron chi connectivity index (χ1n) is 7.93. The second-order valence-electron chi connectivity index (χ2n) is 6.36. The molecule has 6 nitrogen and oxygen atoms in total. The van der Waals surface area contributed by atoms with E-state index in [4.69, 9.17) is 5.11 Å². The van der Waals surface area contributed by atoms with Crippen LogP contribution in [0.3, 0.4) is 0 Å². The molecular formula is C16H26N2O4S. The number of anilines is 2. The summed E-state index contributed by atoms with van der Waals surface area (Å²) in [7, 11) is -3.37. The van der Waals surface area contributed by atoms with E-state index in [-0.39, 0.29) is 18.0 Å². The molecule has 23 heavy (non-hydrogen) atoms. The first kappa shape index (κ1) is 18.0. The second kappa shape index (κ2) is 7.51. The van der Waals surface area contributed by atoms with Gasteiger partial charge in [0, 0.05) is 31.6 Å². The van der Waals surface area contributed by atoms with Gasteiger partial charge < -0.3 is 20.4 Å². The van der Waals surface area contributed by atoms with Crippen LogP contribution in [0.1, 0.15) is 19.8 Å². The largest absolute Gasteiger partial charge is 0.394 e. The van der Waals surface area contributed by atoms with Gasteiger partial charge in [-0.25, -0.2) is 8.42 Å². The van der Waals surface area contributed by atoms with Crippen molar-refractivity contribution in [1.82, 2.24) is 0 Å². The van der Waals surface area contributed by atoms with Gasteiger partial charge >= 0.3 is 0 Å². The van der Waals surface area contributed by atoms with E-state index >= 15 is 0 Å². The molecule has 2 rings (SSSR count). The summed E-state index contributed by atoms with van der Waals surface area (Å²) in [6.45, 7) is 3.86. The predicted octanol–water partition coefficient (Wildman–Crippen LogP) is 1.09. The number of nitrogens with zero attached hydrogens (tertiary/aromatic N) is 1. The molecule has 1 aromatic rings. The minimum atomic E-state index is -3.37. The van der Waals surface area contributed by atoms with Crippen LogP contribution in [0.2, 0.25) is 0 Å². The Hall–Kier alpha value is -1.31. The van der Waals surface area contributed by atoms with Gasteiger partial charge in [-0.3, -0.25) is 0 Å². The van der Waals surface area contributed by atoms with Gasteiger partial charge in [0.05, 0.1) is 23.3 Å². The fourth-order valence-electron chi connectivity index (χ4n) is 2.89. The Bertz CT molecular complexity index is 633. The Morgan fingerprint density at radius 3 is 2.78 bits per heavy atom. The molecule has 0 aliphatic carbocycles. The van der Waals surface area contributed by atoms with Gasteiger partial charge in [0.1, 0.15) is 0 Å². The maximum atomic E-state index is 11.9. The van der Waals surface area contributed by atoms with Crippen molar-refractivity contribution >= 4 is 21.2 Å². The predicted molar refractivity (Wildman–Crippen MR) is 91.7 cm³/mol. The van der Waals surface area contributed by atoms with E-state index in [2.05, 4.69) is 17.1 Å². The molecule has 2 atom stereocenters. The average Bonchev–Trinajstić information content (AvgIpc) is 2.51. The zero-order valence-electron chi connectivity index (χ0n) is 13.7. The molecule has 0 bridgehead atoms. The topological polar surface area (TPSA) is 89.9 Å². The number of benzene rings is 1. The van der Waals surface area contributed by atoms with Crippen LogP contribution < -0.4 is 10.2 Å². The third-order valence-electron chi connectivity index (χ3n) is 4.12. The molecule has 130 valence electrons. The van der Waals surface area contributed by atoms with E-state index < -0.39 is 15.9 Å². The molecule has 2 unspecified atom stereocenters. The van der Waals surface area contributed by atoms with Crippen molar-refractivity contribution < 1.29 is 18.6 Å². The Morgan fingerprint density at radius 1 is 1.43 bits per heavy atom. The maximum absolute atomic E-state index is 11.9. The van der Waals surface area contributed by atoms with E-state index in [1.807, 2.05) is 12.1 Å². The van der Waals surface area contributed by atoms with E-state index in [1.165, 1.54) is 12.7 Å². The lowest BCUT2D eigenvalue weighted by atomic mass is 10.00. The summed E-state index contributed by atoms with van der Waals surface area (Å²) in [6, 6.07) is 5.26. The van der Waals surface area contributed by atoms with E-state index in [1.54, 1.807) is 6.07 Å². The van der Waals surface area contributed by atoms with Gasteiger partial charge in [-0.1, -0.05) is 6.92 Å². The number of nitrogens with one attached hydrogen (secondary N) is 1. The van der Waals surface area contributed by atoms with E-state index in [9.17, 15) is 13.5 Å². The Balaban J connectivity index is 2.28. The van der Waals surface area contributed by atoms with Crippen LogP contribution in [0.15, 0.2) is 23.1 Å². The van der Waals surface area contributed by atoms with E-state index in [0.717, 1.165) is 25.2 Å². The molecule has 1 aromatic carbocycles. The van der Waals surface area contributed by atoms with Crippen LogP contribution in [0.4, 0.5) is 11.4 Å². The Kier molecular flexibility index (Phi) is 5.89. The summed E-state index contributed by atoms with van der Waals surface area (Å²) in [5, 5.41) is 21.4. The van der Waals surface area contributed by atoms with Crippen molar-refractivity contribution in [3.05, 3.63) is 18.2 Å². The number of aliphatic hydroxyl groups excluding tert-OH is 2. The highest BCUT2D eigenvalue weighted by Crippen LogP contribution is 2.30. The fraction of sp³-hybridized carbons (Fsp3) is 0.625. The third kappa shape index (κ3) is 4.83. The molecule has 1 heterocycles. The normalized spacial score (nSPS) is 20.3. The molecule has 1 fully saturated rings. The fourth-order valence-corrected chi connectivity index (χ4v) is 3.74. The molecule has 0 amide bonds. The van der Waals surface area contributed by atoms with Gasteiger partial charge in [-0.2, -0.15) is 0 Å². The summed E-state index contributed by atoms with van der Waals surface area (Å²) in [5.74, 6) is 0.617. The van der Waals surface area contributed by atoms with Crippen LogP contribution >= 0.6 is 0 Å². The first-order chi connectivity index (χ1) is 10.8. The molecule has 1 saturated heterocycles. The average molecular weight is 342 g/mol. The smallest absolute Gasteiger partial charge is 0.177 e. The minimum Gasteiger partial charge on any atom is -0.394 e. The van der Waals surface area contributed by atoms with Crippen molar-refractivity contribution in [2.75, 3.05) is 42.7 Å². The van der Waals surface area contributed by atoms with Gasteiger partial charge in [0.15, 0.2) is 9.84 Å². The lowest BCUT2D eigenvalue weighted by Crippen LogP contribution is -2.34. The summed E-state index contributed by atoms with van der Waals surface area (Å²) < 4.78 is 23.9. The molecule has 0 saturated carbocycles. The van der Waals surface area contributed by atoms with Crippen molar-refractivity contribution in [1.29, 1.82) is 0 Å². The molecule has 3 N–H and O–H groups in total. The van der Waals surface area contributed by atoms with Crippen molar-refractivity contribution in [2.24, 2.45) is 5.92 Å². The zero-order chi connectivity index (χ0) is 17.0. The summed E-state index contributed by atoms with van der Waals surface area (Å²) >= 11 is 0. The standard InChI is InChI=1S/C16H26N2O4S/c1-12-4-3-7-18(10-12)13-5-6-16(23(2,21)22)15(8-13)17-9-14(20)11-19/h5-6,8,12,14,17,19-20H,3-4,7,9-11H2,1-2H3. The number of hydrogen-bond acceptors (Lipinski definition) is 6. The third-order valence-corrected chi connectivity index (χ3v) is 5.28. The number of rotatable bonds is 6. The SMILES string of the molecule is CC1CCCN(c2ccc(S(C)(=O)=O)c(NCC(O)CO)c2)C1. The number of aliphatic hydroxyl groups is 2. The molecule has 0 aromatic heterocycles. The molecule has 0 radical (unpaired) electrons. The highest BCUT2D eigenvalue weighted by Gasteiger charge is 2.20.